The summed E-state index contributed by atoms with van der Waals surface area (Å²) in [5, 5.41) is 9.93. The quantitative estimate of drug-likeness (QED) is 0.347. The molecule has 4 aromatic rings. The lowest BCUT2D eigenvalue weighted by Gasteiger charge is -2.28. The van der Waals surface area contributed by atoms with Crippen LogP contribution in [0.2, 0.25) is 0 Å². The molecule has 11 heteroatoms. The van der Waals surface area contributed by atoms with Gasteiger partial charge in [-0.25, -0.2) is 8.97 Å². The molecule has 1 saturated heterocycles. The Morgan fingerprint density at radius 1 is 1.18 bits per heavy atom. The molecule has 0 bridgehead atoms. The first kappa shape index (κ1) is 25.5. The van der Waals surface area contributed by atoms with Crippen molar-refractivity contribution in [2.45, 2.75) is 57.2 Å². The smallest absolute Gasteiger partial charge is 0.268 e. The number of carbonyl (C=O) groups is 1. The summed E-state index contributed by atoms with van der Waals surface area (Å²) < 4.78 is 15.2. The van der Waals surface area contributed by atoms with E-state index in [1.165, 1.54) is 11.8 Å². The highest BCUT2D eigenvalue weighted by molar-refractivity contribution is 8.00. The molecule has 0 radical (unpaired) electrons. The molecule has 2 aliphatic rings. The summed E-state index contributed by atoms with van der Waals surface area (Å²) in [5.74, 6) is 0.840. The number of thioether (sulfide) groups is 1. The molecule has 2 unspecified atom stereocenters. The first-order chi connectivity index (χ1) is 18.3. The van der Waals surface area contributed by atoms with Gasteiger partial charge in [-0.1, -0.05) is 37.7 Å². The molecule has 0 spiro atoms. The second-order valence-electron chi connectivity index (χ2n) is 10.3. The van der Waals surface area contributed by atoms with Crippen LogP contribution in [0.3, 0.4) is 0 Å². The largest absolute Gasteiger partial charge is 0.378 e. The van der Waals surface area contributed by atoms with Crippen LogP contribution in [-0.4, -0.2) is 67.6 Å². The van der Waals surface area contributed by atoms with Gasteiger partial charge in [0.25, 0.3) is 5.56 Å². The normalized spacial score (nSPS) is 18.9. The number of benzene rings is 1. The van der Waals surface area contributed by atoms with Crippen LogP contribution in [0.1, 0.15) is 36.8 Å². The number of aromatic nitrogens is 4. The van der Waals surface area contributed by atoms with Gasteiger partial charge < -0.3 is 14.4 Å². The van der Waals surface area contributed by atoms with Gasteiger partial charge in [0, 0.05) is 24.4 Å². The van der Waals surface area contributed by atoms with Gasteiger partial charge in [-0.05, 0) is 43.0 Å². The Labute approximate surface area is 228 Å². The van der Waals surface area contributed by atoms with E-state index < -0.39 is 0 Å². The molecule has 0 saturated carbocycles. The number of fused-ring (bicyclic) bond motifs is 5. The average molecular weight is 554 g/mol. The van der Waals surface area contributed by atoms with Crippen molar-refractivity contribution in [1.29, 1.82) is 0 Å². The van der Waals surface area contributed by atoms with Gasteiger partial charge in [-0.3, -0.25) is 9.59 Å². The van der Waals surface area contributed by atoms with E-state index in [1.807, 2.05) is 47.4 Å². The molecule has 5 heterocycles. The van der Waals surface area contributed by atoms with E-state index in [0.717, 1.165) is 26.5 Å². The Hall–Kier alpha value is -2.73. The molecule has 0 N–H and O–H groups in total. The number of ether oxygens (including phenoxy) is 2. The van der Waals surface area contributed by atoms with Crippen LogP contribution in [-0.2, 0) is 27.3 Å². The minimum Gasteiger partial charge on any atom is -0.378 e. The van der Waals surface area contributed by atoms with E-state index in [9.17, 15) is 9.59 Å². The van der Waals surface area contributed by atoms with Crippen molar-refractivity contribution in [2.24, 2.45) is 5.92 Å². The Morgan fingerprint density at radius 3 is 2.71 bits per heavy atom. The van der Waals surface area contributed by atoms with E-state index in [4.69, 9.17) is 9.47 Å². The number of thiophene rings is 1. The maximum atomic E-state index is 14.2. The highest BCUT2D eigenvalue weighted by Gasteiger charge is 2.31. The van der Waals surface area contributed by atoms with Crippen LogP contribution in [0.4, 0.5) is 0 Å². The van der Waals surface area contributed by atoms with Crippen molar-refractivity contribution in [3.63, 3.8) is 0 Å². The van der Waals surface area contributed by atoms with Crippen LogP contribution >= 0.6 is 23.1 Å². The fourth-order valence-corrected chi connectivity index (χ4v) is 7.42. The number of hydrogen-bond donors (Lipinski definition) is 0. The number of rotatable bonds is 5. The van der Waals surface area contributed by atoms with Gasteiger partial charge in [-0.15, -0.1) is 21.5 Å². The predicted molar refractivity (Wildman–Crippen MR) is 149 cm³/mol. The molecule has 2 aliphatic heterocycles. The van der Waals surface area contributed by atoms with E-state index in [0.29, 0.717) is 61.6 Å². The van der Waals surface area contributed by atoms with Crippen molar-refractivity contribution >= 4 is 45.0 Å². The molecule has 2 atom stereocenters. The second kappa shape index (κ2) is 10.1. The summed E-state index contributed by atoms with van der Waals surface area (Å²) in [4.78, 5) is 31.1. The third-order valence-electron chi connectivity index (χ3n) is 7.30. The summed E-state index contributed by atoms with van der Waals surface area (Å²) in [6, 6.07) is 7.85. The molecule has 1 fully saturated rings. The Morgan fingerprint density at radius 2 is 1.97 bits per heavy atom. The van der Waals surface area contributed by atoms with Crippen molar-refractivity contribution < 1.29 is 14.3 Å². The molecule has 0 aliphatic carbocycles. The third-order valence-corrected chi connectivity index (χ3v) is 9.52. The third kappa shape index (κ3) is 4.35. The molecule has 200 valence electrons. The lowest BCUT2D eigenvalue weighted by Crippen LogP contribution is -2.44. The van der Waals surface area contributed by atoms with Crippen LogP contribution in [0.25, 0.3) is 21.7 Å². The minimum atomic E-state index is -0.363. The van der Waals surface area contributed by atoms with Crippen LogP contribution in [0.5, 0.6) is 0 Å². The van der Waals surface area contributed by atoms with E-state index in [2.05, 4.69) is 24.0 Å². The summed E-state index contributed by atoms with van der Waals surface area (Å²) in [6.45, 7) is 11.0. The maximum Gasteiger partial charge on any atom is 0.268 e. The average Bonchev–Trinajstić information content (AvgIpc) is 3.50. The number of nitrogens with zero attached hydrogens (tertiary/aromatic N) is 5. The Kier molecular flexibility index (Phi) is 6.79. The van der Waals surface area contributed by atoms with Gasteiger partial charge in [0.15, 0.2) is 5.16 Å². The van der Waals surface area contributed by atoms with Gasteiger partial charge in [0.2, 0.25) is 11.7 Å². The predicted octanol–water partition coefficient (Wildman–Crippen LogP) is 3.84. The number of hydrogen-bond acceptors (Lipinski definition) is 8. The number of amides is 1. The van der Waals surface area contributed by atoms with E-state index >= 15 is 0 Å². The molecular formula is C27H31N5O4S2. The highest BCUT2D eigenvalue weighted by Crippen LogP contribution is 2.38. The number of aryl methyl sites for hydroxylation is 1. The van der Waals surface area contributed by atoms with Crippen molar-refractivity contribution in [2.75, 3.05) is 26.3 Å². The Bertz CT molecular complexity index is 1580. The van der Waals surface area contributed by atoms with Crippen LogP contribution < -0.4 is 5.56 Å². The van der Waals surface area contributed by atoms with Gasteiger partial charge >= 0.3 is 0 Å². The maximum absolute atomic E-state index is 14.2. The molecule has 6 rings (SSSR count). The fraction of sp³-hybridized carbons (Fsp3) is 0.481. The molecule has 3 aromatic heterocycles. The zero-order valence-corrected chi connectivity index (χ0v) is 23.6. The summed E-state index contributed by atoms with van der Waals surface area (Å²) in [6.07, 6.45) is 0.752. The lowest BCUT2D eigenvalue weighted by molar-refractivity contribution is -0.134. The lowest BCUT2D eigenvalue weighted by atomic mass is 9.96. The number of carbonyl (C=O) groups excluding carboxylic acids is 1. The first-order valence-electron chi connectivity index (χ1n) is 13.0. The molecule has 38 heavy (non-hydrogen) atoms. The van der Waals surface area contributed by atoms with E-state index in [1.54, 1.807) is 15.9 Å². The SMILES string of the molecule is Cc1cccc(-n2c(=O)c3c4c(sc3n3c(SC(C)C(=O)N5CCOCC5)nnc23)COC(C(C)C)C4)c1. The molecule has 1 aromatic carbocycles. The van der Waals surface area contributed by atoms with E-state index in [-0.39, 0.29) is 22.8 Å². The van der Waals surface area contributed by atoms with Crippen molar-refractivity contribution in [1.82, 2.24) is 24.1 Å². The standard InChI is InChI=1S/C27H31N5O4S2/c1-15(2)20-13-19-21(14-36-20)38-25-22(19)24(34)31(18-7-5-6-16(3)12-18)26-28-29-27(32(25)26)37-17(4)23(33)30-8-10-35-11-9-30/h5-7,12,15,17,20H,8-11,13-14H2,1-4H3. The highest BCUT2D eigenvalue weighted by atomic mass is 32.2. The second-order valence-corrected chi connectivity index (χ2v) is 12.7. The number of morpholine rings is 1. The van der Waals surface area contributed by atoms with Crippen LogP contribution in [0, 0.1) is 12.8 Å². The summed E-state index contributed by atoms with van der Waals surface area (Å²) >= 11 is 2.94. The first-order valence-corrected chi connectivity index (χ1v) is 14.7. The van der Waals surface area contributed by atoms with Crippen molar-refractivity contribution in [3.05, 3.63) is 50.6 Å². The monoisotopic (exact) mass is 553 g/mol. The van der Waals surface area contributed by atoms with Gasteiger partial charge in [0.05, 0.1) is 42.2 Å². The van der Waals surface area contributed by atoms with Gasteiger partial charge in [-0.2, -0.15) is 0 Å². The fourth-order valence-electron chi connectivity index (χ4n) is 5.19. The summed E-state index contributed by atoms with van der Waals surface area (Å²) in [5.41, 5.74) is 2.76. The Balaban J connectivity index is 1.53. The zero-order chi connectivity index (χ0) is 26.6. The van der Waals surface area contributed by atoms with Crippen molar-refractivity contribution in [3.8, 4) is 5.69 Å². The zero-order valence-electron chi connectivity index (χ0n) is 22.0. The van der Waals surface area contributed by atoms with Gasteiger partial charge in [0.1, 0.15) is 4.83 Å². The summed E-state index contributed by atoms with van der Waals surface area (Å²) in [7, 11) is 0. The topological polar surface area (TPSA) is 91.0 Å². The molecule has 1 amide bonds. The van der Waals surface area contributed by atoms with Crippen LogP contribution in [0.15, 0.2) is 34.2 Å². The molecule has 9 nitrogen and oxygen atoms in total. The molecular weight excluding hydrogens is 522 g/mol. The minimum absolute atomic E-state index is 0.0527.